The molecular formula is C24H21N3O4. The van der Waals surface area contributed by atoms with Crippen molar-refractivity contribution in [2.45, 2.75) is 26.8 Å². The molecule has 2 aromatic heterocycles. The Labute approximate surface area is 179 Å². The number of hydrogen-bond acceptors (Lipinski definition) is 5. The number of hydrogen-bond donors (Lipinski definition) is 1. The average Bonchev–Trinajstić information content (AvgIpc) is 3.37. The van der Waals surface area contributed by atoms with Crippen molar-refractivity contribution in [3.63, 3.8) is 0 Å². The molecule has 2 aromatic carbocycles. The number of nitrogens with zero attached hydrogens (tertiary/aromatic N) is 3. The molecule has 31 heavy (non-hydrogen) atoms. The maximum atomic E-state index is 10.6. The van der Waals surface area contributed by atoms with Gasteiger partial charge in [-0.2, -0.15) is 0 Å². The van der Waals surface area contributed by atoms with E-state index >= 15 is 0 Å². The molecule has 0 aliphatic heterocycles. The van der Waals surface area contributed by atoms with Gasteiger partial charge in [-0.15, -0.1) is 0 Å². The first-order chi connectivity index (χ1) is 14.9. The SMILES string of the molecule is Cc1coc(-c2cccc(CC(=O)O)c2)n1.[C-]#[N+]Cc1cccc(-c2nc(C)co2)c1. The first kappa shape index (κ1) is 21.5. The molecule has 0 atom stereocenters. The Morgan fingerprint density at radius 1 is 0.935 bits per heavy atom. The molecular weight excluding hydrogens is 394 g/mol. The van der Waals surface area contributed by atoms with E-state index in [1.54, 1.807) is 30.7 Å². The molecule has 0 radical (unpaired) electrons. The van der Waals surface area contributed by atoms with Crippen molar-refractivity contribution in [1.82, 2.24) is 9.97 Å². The van der Waals surface area contributed by atoms with Crippen LogP contribution in [0.15, 0.2) is 69.9 Å². The maximum absolute atomic E-state index is 10.6. The third-order valence-corrected chi connectivity index (χ3v) is 4.20. The fourth-order valence-corrected chi connectivity index (χ4v) is 2.86. The van der Waals surface area contributed by atoms with Crippen molar-refractivity contribution in [3.8, 4) is 22.9 Å². The Bertz CT molecular complexity index is 1220. The van der Waals surface area contributed by atoms with Crippen molar-refractivity contribution in [1.29, 1.82) is 0 Å². The van der Waals surface area contributed by atoms with Gasteiger partial charge < -0.3 is 18.8 Å². The summed E-state index contributed by atoms with van der Waals surface area (Å²) in [6.07, 6.45) is 3.20. The monoisotopic (exact) mass is 415 g/mol. The molecule has 0 saturated heterocycles. The highest BCUT2D eigenvalue weighted by molar-refractivity contribution is 5.71. The van der Waals surface area contributed by atoms with Gasteiger partial charge in [-0.3, -0.25) is 4.79 Å². The van der Waals surface area contributed by atoms with Crippen LogP contribution >= 0.6 is 0 Å². The summed E-state index contributed by atoms with van der Waals surface area (Å²) >= 11 is 0. The standard InChI is InChI=1S/C12H10N2O.C12H11NO3/c1-9-8-15-12(14-9)11-5-3-4-10(6-11)7-13-2;1-8-7-16-12(13-8)10-4-2-3-9(5-10)6-11(14)15/h3-6,8H,7H2,1H3;2-5,7H,6H2,1H3,(H,14,15). The van der Waals surface area contributed by atoms with Crippen LogP contribution in [-0.2, 0) is 17.8 Å². The summed E-state index contributed by atoms with van der Waals surface area (Å²) in [6.45, 7) is 10.9. The molecule has 1 N–H and O–H groups in total. The lowest BCUT2D eigenvalue weighted by Crippen LogP contribution is -1.99. The molecule has 0 spiro atoms. The van der Waals surface area contributed by atoms with Crippen molar-refractivity contribution < 1.29 is 18.7 Å². The molecule has 4 aromatic rings. The van der Waals surface area contributed by atoms with Gasteiger partial charge in [-0.1, -0.05) is 24.3 Å². The summed E-state index contributed by atoms with van der Waals surface area (Å²) in [5.74, 6) is 0.282. The van der Waals surface area contributed by atoms with Crippen molar-refractivity contribution in [3.05, 3.63) is 95.0 Å². The number of oxazole rings is 2. The van der Waals surface area contributed by atoms with Crippen molar-refractivity contribution in [2.75, 3.05) is 0 Å². The molecule has 0 amide bonds. The minimum absolute atomic E-state index is 0.00747. The van der Waals surface area contributed by atoms with Gasteiger partial charge in [0.2, 0.25) is 18.3 Å². The minimum atomic E-state index is -0.847. The van der Waals surface area contributed by atoms with Crippen LogP contribution in [0.3, 0.4) is 0 Å². The second-order valence-corrected chi connectivity index (χ2v) is 6.88. The van der Waals surface area contributed by atoms with Gasteiger partial charge in [0, 0.05) is 16.7 Å². The number of aromatic nitrogens is 2. The number of aryl methyl sites for hydroxylation is 2. The molecule has 0 aliphatic carbocycles. The Kier molecular flexibility index (Phi) is 6.97. The molecule has 4 rings (SSSR count). The predicted octanol–water partition coefficient (Wildman–Crippen LogP) is 5.35. The van der Waals surface area contributed by atoms with Crippen LogP contribution < -0.4 is 0 Å². The Morgan fingerprint density at radius 2 is 1.45 bits per heavy atom. The van der Waals surface area contributed by atoms with E-state index in [-0.39, 0.29) is 6.42 Å². The first-order valence-electron chi connectivity index (χ1n) is 9.52. The smallest absolute Gasteiger partial charge is 0.307 e. The van der Waals surface area contributed by atoms with Gasteiger partial charge in [0.05, 0.1) is 17.8 Å². The summed E-state index contributed by atoms with van der Waals surface area (Å²) in [5.41, 5.74) is 5.11. The van der Waals surface area contributed by atoms with Gasteiger partial charge in [-0.05, 0) is 43.7 Å². The van der Waals surface area contributed by atoms with Gasteiger partial charge >= 0.3 is 5.97 Å². The van der Waals surface area contributed by atoms with Crippen LogP contribution in [0.25, 0.3) is 27.8 Å². The van der Waals surface area contributed by atoms with E-state index in [0.717, 1.165) is 33.6 Å². The molecule has 7 heteroatoms. The first-order valence-corrected chi connectivity index (χ1v) is 9.52. The Hall–Kier alpha value is -4.18. The highest BCUT2D eigenvalue weighted by Gasteiger charge is 2.07. The topological polar surface area (TPSA) is 93.7 Å². The molecule has 156 valence electrons. The van der Waals surface area contributed by atoms with Crippen LogP contribution in [0.4, 0.5) is 0 Å². The van der Waals surface area contributed by atoms with Crippen LogP contribution in [0.2, 0.25) is 0 Å². The molecule has 0 saturated carbocycles. The predicted molar refractivity (Wildman–Crippen MR) is 115 cm³/mol. The third-order valence-electron chi connectivity index (χ3n) is 4.20. The third kappa shape index (κ3) is 6.15. The lowest BCUT2D eigenvalue weighted by Gasteiger charge is -1.99. The Morgan fingerprint density at radius 3 is 1.90 bits per heavy atom. The molecule has 7 nitrogen and oxygen atoms in total. The fraction of sp³-hybridized carbons (Fsp3) is 0.167. The van der Waals surface area contributed by atoms with E-state index in [1.165, 1.54) is 0 Å². The maximum Gasteiger partial charge on any atom is 0.307 e. The van der Waals surface area contributed by atoms with E-state index in [1.807, 2.05) is 44.2 Å². The van der Waals surface area contributed by atoms with Gasteiger partial charge in [0.1, 0.15) is 12.5 Å². The van der Waals surface area contributed by atoms with Gasteiger partial charge in [0.25, 0.3) is 0 Å². The lowest BCUT2D eigenvalue weighted by molar-refractivity contribution is -0.136. The molecule has 0 aliphatic rings. The summed E-state index contributed by atoms with van der Waals surface area (Å²) in [6, 6.07) is 14.9. The van der Waals surface area contributed by atoms with Crippen LogP contribution in [0, 0.1) is 20.4 Å². The van der Waals surface area contributed by atoms with E-state index in [0.29, 0.717) is 18.3 Å². The normalized spacial score (nSPS) is 10.1. The summed E-state index contributed by atoms with van der Waals surface area (Å²) in [5, 5.41) is 8.69. The van der Waals surface area contributed by atoms with Gasteiger partial charge in [0.15, 0.2) is 0 Å². The second-order valence-electron chi connectivity index (χ2n) is 6.88. The zero-order valence-electron chi connectivity index (χ0n) is 17.2. The van der Waals surface area contributed by atoms with Crippen molar-refractivity contribution in [2.24, 2.45) is 0 Å². The molecule has 2 heterocycles. The summed E-state index contributed by atoms with van der Waals surface area (Å²) < 4.78 is 10.5. The average molecular weight is 415 g/mol. The van der Waals surface area contributed by atoms with Gasteiger partial charge in [-0.25, -0.2) is 16.5 Å². The molecule has 0 bridgehead atoms. The highest BCUT2D eigenvalue weighted by atomic mass is 16.4. The molecule has 0 fully saturated rings. The van der Waals surface area contributed by atoms with Crippen LogP contribution in [0.1, 0.15) is 22.5 Å². The molecule has 0 unspecified atom stereocenters. The van der Waals surface area contributed by atoms with E-state index in [9.17, 15) is 4.79 Å². The van der Waals surface area contributed by atoms with E-state index in [4.69, 9.17) is 20.5 Å². The summed E-state index contributed by atoms with van der Waals surface area (Å²) in [4.78, 5) is 22.4. The number of aliphatic carboxylic acids is 1. The number of carbonyl (C=O) groups is 1. The zero-order valence-corrected chi connectivity index (χ0v) is 17.2. The number of carboxylic acids is 1. The lowest BCUT2D eigenvalue weighted by atomic mass is 10.1. The van der Waals surface area contributed by atoms with E-state index in [2.05, 4.69) is 14.8 Å². The second kappa shape index (κ2) is 10.0. The highest BCUT2D eigenvalue weighted by Crippen LogP contribution is 2.21. The minimum Gasteiger partial charge on any atom is -0.481 e. The quantitative estimate of drug-likeness (QED) is 0.442. The number of rotatable bonds is 5. The zero-order chi connectivity index (χ0) is 22.2. The van der Waals surface area contributed by atoms with Crippen LogP contribution in [-0.4, -0.2) is 21.0 Å². The largest absolute Gasteiger partial charge is 0.481 e. The van der Waals surface area contributed by atoms with E-state index < -0.39 is 5.97 Å². The fourth-order valence-electron chi connectivity index (χ4n) is 2.86. The Balaban J connectivity index is 0.000000176. The van der Waals surface area contributed by atoms with Crippen molar-refractivity contribution >= 4 is 5.97 Å². The van der Waals surface area contributed by atoms with Crippen LogP contribution in [0.5, 0.6) is 0 Å². The summed E-state index contributed by atoms with van der Waals surface area (Å²) in [7, 11) is 0. The number of benzene rings is 2. The number of carboxylic acid groups (broad SMARTS) is 1.